The number of aliphatic hydroxyl groups is 1. The number of rotatable bonds is 19. The van der Waals surface area contributed by atoms with Crippen molar-refractivity contribution in [3.05, 3.63) is 0 Å². The molecule has 1 N–H and O–H groups in total. The molecule has 0 rings (SSSR count). The molecule has 0 fully saturated rings. The molecule has 0 aliphatic rings. The normalized spacial score (nSPS) is 17.2. The Hall–Kier alpha value is -0.482. The van der Waals surface area contributed by atoms with Gasteiger partial charge in [-0.15, -0.1) is 0 Å². The maximum Gasteiger partial charge on any atom is 0.460 e. The van der Waals surface area contributed by atoms with Crippen molar-refractivity contribution in [2.45, 2.75) is 131 Å². The minimum Gasteiger partial charge on any atom is -0.437 e. The van der Waals surface area contributed by atoms with E-state index in [1.54, 1.807) is 32.7 Å². The van der Waals surface area contributed by atoms with Crippen molar-refractivity contribution < 1.29 is 92.1 Å². The van der Waals surface area contributed by atoms with Crippen molar-refractivity contribution in [1.82, 2.24) is 0 Å². The Kier molecular flexibility index (Phi) is 13.8. The van der Waals surface area contributed by atoms with Crippen LogP contribution in [0.2, 0.25) is 64.5 Å². The van der Waals surface area contributed by atoms with Crippen LogP contribution in [-0.2, 0) is 12.3 Å². The Bertz CT molecular complexity index is 1050. The Balaban J connectivity index is 6.55. The van der Waals surface area contributed by atoms with Crippen molar-refractivity contribution in [2.24, 2.45) is 0 Å². The fourth-order valence-corrected chi connectivity index (χ4v) is 23.4. The highest BCUT2D eigenvalue weighted by Crippen LogP contribution is 2.64. The molecule has 0 amide bonds. The van der Waals surface area contributed by atoms with Crippen LogP contribution < -0.4 is 0 Å². The summed E-state index contributed by atoms with van der Waals surface area (Å²) in [5, 5.41) is 9.14. The molecule has 0 aromatic carbocycles. The van der Waals surface area contributed by atoms with Gasteiger partial charge in [-0.1, -0.05) is 0 Å². The van der Waals surface area contributed by atoms with Crippen LogP contribution in [0.5, 0.6) is 0 Å². The van der Waals surface area contributed by atoms with Gasteiger partial charge in [0.05, 0.1) is 0 Å². The summed E-state index contributed by atoms with van der Waals surface area (Å²) in [4.78, 5) is 0. The molecular weight excluding hydrogens is 764 g/mol. The Morgan fingerprint density at radius 1 is 0.468 bits per heavy atom. The molecule has 284 valence electrons. The minimum atomic E-state index is -8.66. The molecule has 0 bridgehead atoms. The molecule has 4 nitrogen and oxygen atoms in total. The first-order valence-corrected chi connectivity index (χ1v) is 25.4. The summed E-state index contributed by atoms with van der Waals surface area (Å²) in [5.41, 5.74) is 0. The highest BCUT2D eigenvalue weighted by atomic mass is 28.5. The smallest absolute Gasteiger partial charge is 0.437 e. The number of hydrogen-bond donors (Lipinski definition) is 1. The standard InChI is InChI=1S/C22H37F17O4Si4/c1-44(2,3)41-46(6,7)43-47(8,42-45(4,5)13-10-12-40)14-9-11-15(23,24)16(25,26)17(27,28)18(29,30)19(31,32)20(33,34)21(35,36)22(37,38)39/h40H,9-14H2,1-8H3. The number of aliphatic hydroxyl groups excluding tert-OH is 1. The summed E-state index contributed by atoms with van der Waals surface area (Å²) in [7, 11) is -12.4. The van der Waals surface area contributed by atoms with E-state index in [1.807, 2.05) is 0 Å². The van der Waals surface area contributed by atoms with Crippen LogP contribution >= 0.6 is 0 Å². The third kappa shape index (κ3) is 9.86. The molecule has 0 saturated carbocycles. The fourth-order valence-electron chi connectivity index (χ4n) is 4.53. The minimum absolute atomic E-state index is 0.197. The quantitative estimate of drug-likeness (QED) is 0.104. The molecule has 25 heteroatoms. The Labute approximate surface area is 264 Å². The first kappa shape index (κ1) is 46.5. The summed E-state index contributed by atoms with van der Waals surface area (Å²) in [6.45, 7) is 12.4. The zero-order valence-corrected chi connectivity index (χ0v) is 30.3. The van der Waals surface area contributed by atoms with Crippen molar-refractivity contribution in [3.63, 3.8) is 0 Å². The largest absolute Gasteiger partial charge is 0.460 e. The van der Waals surface area contributed by atoms with Crippen LogP contribution in [0.3, 0.4) is 0 Å². The molecule has 1 unspecified atom stereocenters. The van der Waals surface area contributed by atoms with Gasteiger partial charge in [0.15, 0.2) is 16.6 Å². The highest BCUT2D eigenvalue weighted by Gasteiger charge is 2.95. The lowest BCUT2D eigenvalue weighted by Crippen LogP contribution is -2.74. The van der Waals surface area contributed by atoms with E-state index in [2.05, 4.69) is 0 Å². The SMILES string of the molecule is C[Si](C)(C)O[Si](C)(C)O[Si](C)(CCCC(F)(F)C(F)(F)C(F)(F)C(F)(F)C(F)(F)C(F)(F)C(F)(F)C(F)(F)F)O[Si](C)(C)CCCO. The molecular formula is C22H37F17O4Si4. The fraction of sp³-hybridized carbons (Fsp3) is 1.00. The average molecular weight is 801 g/mol. The van der Waals surface area contributed by atoms with Crippen molar-refractivity contribution >= 4 is 33.8 Å². The second kappa shape index (κ2) is 13.9. The van der Waals surface area contributed by atoms with Crippen LogP contribution in [0.15, 0.2) is 0 Å². The van der Waals surface area contributed by atoms with Crippen molar-refractivity contribution in [2.75, 3.05) is 6.61 Å². The topological polar surface area (TPSA) is 47.9 Å². The molecule has 0 spiro atoms. The van der Waals surface area contributed by atoms with E-state index in [4.69, 9.17) is 17.5 Å². The number of hydrogen-bond acceptors (Lipinski definition) is 4. The van der Waals surface area contributed by atoms with Crippen LogP contribution in [-0.4, -0.2) is 93.1 Å². The highest BCUT2D eigenvalue weighted by molar-refractivity contribution is 6.89. The van der Waals surface area contributed by atoms with Crippen LogP contribution in [0, 0.1) is 0 Å². The third-order valence-corrected chi connectivity index (χ3v) is 21.2. The molecule has 0 aliphatic heterocycles. The lowest BCUT2D eigenvalue weighted by Gasteiger charge is -2.43. The Morgan fingerprint density at radius 3 is 1.21 bits per heavy atom. The predicted octanol–water partition coefficient (Wildman–Crippen LogP) is 10.0. The summed E-state index contributed by atoms with van der Waals surface area (Å²) >= 11 is 0. The molecule has 0 saturated heterocycles. The van der Waals surface area contributed by atoms with Gasteiger partial charge in [0, 0.05) is 13.0 Å². The molecule has 0 aliphatic carbocycles. The monoisotopic (exact) mass is 800 g/mol. The second-order valence-corrected chi connectivity index (χ2v) is 29.3. The zero-order valence-electron chi connectivity index (χ0n) is 26.3. The summed E-state index contributed by atoms with van der Waals surface area (Å²) < 4.78 is 250. The van der Waals surface area contributed by atoms with Gasteiger partial charge in [-0.25, -0.2) is 0 Å². The third-order valence-electron chi connectivity index (χ3n) is 6.35. The van der Waals surface area contributed by atoms with Crippen molar-refractivity contribution in [1.29, 1.82) is 0 Å². The zero-order chi connectivity index (χ0) is 38.4. The van der Waals surface area contributed by atoms with Gasteiger partial charge in [0.1, 0.15) is 0 Å². The van der Waals surface area contributed by atoms with E-state index in [1.165, 1.54) is 19.6 Å². The molecule has 0 heterocycles. The van der Waals surface area contributed by atoms with Gasteiger partial charge in [0.25, 0.3) is 0 Å². The summed E-state index contributed by atoms with van der Waals surface area (Å²) in [6, 6.07) is -0.526. The van der Waals surface area contributed by atoms with Gasteiger partial charge in [0.2, 0.25) is 0 Å². The lowest BCUT2D eigenvalue weighted by molar-refractivity contribution is -0.461. The van der Waals surface area contributed by atoms with E-state index in [9.17, 15) is 74.6 Å². The van der Waals surface area contributed by atoms with Gasteiger partial charge in [-0.2, -0.15) is 74.6 Å². The van der Waals surface area contributed by atoms with E-state index >= 15 is 0 Å². The van der Waals surface area contributed by atoms with E-state index in [-0.39, 0.29) is 19.1 Å². The molecule has 47 heavy (non-hydrogen) atoms. The summed E-state index contributed by atoms with van der Waals surface area (Å²) in [6.07, 6.45) is -11.5. The predicted molar refractivity (Wildman–Crippen MR) is 144 cm³/mol. The maximum atomic E-state index is 14.6. The molecule has 0 aromatic rings. The van der Waals surface area contributed by atoms with Crippen LogP contribution in [0.4, 0.5) is 74.6 Å². The van der Waals surface area contributed by atoms with Gasteiger partial charge >= 0.3 is 64.8 Å². The first-order chi connectivity index (χ1) is 20.1. The van der Waals surface area contributed by atoms with Gasteiger partial charge in [-0.3, -0.25) is 0 Å². The molecule has 1 atom stereocenters. The molecule has 0 aromatic heterocycles. The van der Waals surface area contributed by atoms with Gasteiger partial charge in [-0.05, 0) is 77.3 Å². The first-order valence-electron chi connectivity index (χ1n) is 13.6. The molecule has 0 radical (unpaired) electrons. The van der Waals surface area contributed by atoms with E-state index in [0.717, 1.165) is 0 Å². The lowest BCUT2D eigenvalue weighted by atomic mass is 9.88. The van der Waals surface area contributed by atoms with Crippen molar-refractivity contribution in [3.8, 4) is 0 Å². The summed E-state index contributed by atoms with van der Waals surface area (Å²) in [5.74, 6) is -56.5. The number of halogens is 17. The Morgan fingerprint density at radius 2 is 0.851 bits per heavy atom. The average Bonchev–Trinajstić information content (AvgIpc) is 2.78. The van der Waals surface area contributed by atoms with Crippen LogP contribution in [0.25, 0.3) is 0 Å². The van der Waals surface area contributed by atoms with E-state index < -0.39 is 100 Å². The van der Waals surface area contributed by atoms with Gasteiger partial charge < -0.3 is 17.5 Å². The second-order valence-electron chi connectivity index (χ2n) is 13.0. The maximum absolute atomic E-state index is 14.6. The number of alkyl halides is 17. The van der Waals surface area contributed by atoms with E-state index in [0.29, 0.717) is 0 Å². The van der Waals surface area contributed by atoms with Crippen LogP contribution in [0.1, 0.15) is 19.3 Å².